The molecule has 0 unspecified atom stereocenters. The molecule has 2 aromatic rings. The monoisotopic (exact) mass is 357 g/mol. The first kappa shape index (κ1) is 18.1. The zero-order valence-corrected chi connectivity index (χ0v) is 15.8. The highest BCUT2D eigenvalue weighted by Crippen LogP contribution is 2.14. The van der Waals surface area contributed by atoms with E-state index < -0.39 is 0 Å². The van der Waals surface area contributed by atoms with Gasteiger partial charge in [-0.05, 0) is 57.0 Å². The standard InChI is InChI=1S/C20H27N3OS/c1-16-15-25-19(22-16)6-5-11-21-20(24)18-9-7-17(8-10-18)14-23-12-3-2-4-13-23/h7-10,15H,2-6,11-14H2,1H3,(H,21,24). The number of rotatable bonds is 7. The van der Waals surface area contributed by atoms with Gasteiger partial charge in [0, 0.05) is 36.1 Å². The van der Waals surface area contributed by atoms with Gasteiger partial charge in [0.2, 0.25) is 0 Å². The maximum absolute atomic E-state index is 12.2. The van der Waals surface area contributed by atoms with E-state index in [0.29, 0.717) is 6.54 Å². The molecule has 0 bridgehead atoms. The number of hydrogen-bond donors (Lipinski definition) is 1. The minimum absolute atomic E-state index is 0.0137. The summed E-state index contributed by atoms with van der Waals surface area (Å²) in [4.78, 5) is 19.2. The van der Waals surface area contributed by atoms with E-state index in [9.17, 15) is 4.79 Å². The predicted octanol–water partition coefficient (Wildman–Crippen LogP) is 3.80. The number of aryl methyl sites for hydroxylation is 2. The van der Waals surface area contributed by atoms with Gasteiger partial charge in [-0.15, -0.1) is 11.3 Å². The van der Waals surface area contributed by atoms with Gasteiger partial charge in [-0.3, -0.25) is 9.69 Å². The first-order valence-corrected chi connectivity index (χ1v) is 10.1. The molecule has 2 heterocycles. The SMILES string of the molecule is Cc1csc(CCCNC(=O)c2ccc(CN3CCCCC3)cc2)n1. The van der Waals surface area contributed by atoms with Gasteiger partial charge >= 0.3 is 0 Å². The van der Waals surface area contributed by atoms with Crippen LogP contribution in [0.3, 0.4) is 0 Å². The van der Waals surface area contributed by atoms with Crippen LogP contribution in [0.5, 0.6) is 0 Å². The van der Waals surface area contributed by atoms with Crippen molar-refractivity contribution in [2.45, 2.75) is 45.6 Å². The lowest BCUT2D eigenvalue weighted by Gasteiger charge is -2.26. The van der Waals surface area contributed by atoms with Crippen LogP contribution in [0.1, 0.15) is 52.3 Å². The number of thiazole rings is 1. The Balaban J connectivity index is 1.40. The van der Waals surface area contributed by atoms with E-state index in [0.717, 1.165) is 35.7 Å². The Morgan fingerprint density at radius 2 is 1.96 bits per heavy atom. The Labute approximate surface area is 154 Å². The number of nitrogens with one attached hydrogen (secondary N) is 1. The zero-order valence-electron chi connectivity index (χ0n) is 15.0. The molecule has 0 radical (unpaired) electrons. The van der Waals surface area contributed by atoms with Crippen molar-refractivity contribution >= 4 is 17.2 Å². The number of benzene rings is 1. The molecule has 0 atom stereocenters. The summed E-state index contributed by atoms with van der Waals surface area (Å²) in [6, 6.07) is 8.06. The summed E-state index contributed by atoms with van der Waals surface area (Å²) in [5.41, 5.74) is 3.11. The third-order valence-corrected chi connectivity index (χ3v) is 5.62. The van der Waals surface area contributed by atoms with Crippen molar-refractivity contribution in [3.63, 3.8) is 0 Å². The number of aromatic nitrogens is 1. The van der Waals surface area contributed by atoms with Crippen molar-refractivity contribution in [2.75, 3.05) is 19.6 Å². The Morgan fingerprint density at radius 3 is 2.64 bits per heavy atom. The summed E-state index contributed by atoms with van der Waals surface area (Å²) in [7, 11) is 0. The van der Waals surface area contributed by atoms with Gasteiger partial charge in [0.05, 0.1) is 5.01 Å². The number of hydrogen-bond acceptors (Lipinski definition) is 4. The van der Waals surface area contributed by atoms with Gasteiger partial charge in [-0.1, -0.05) is 18.6 Å². The first-order chi connectivity index (χ1) is 12.2. The van der Waals surface area contributed by atoms with E-state index in [-0.39, 0.29) is 5.91 Å². The van der Waals surface area contributed by atoms with E-state index in [1.807, 2.05) is 19.1 Å². The van der Waals surface area contributed by atoms with E-state index in [1.165, 1.54) is 37.9 Å². The molecule has 4 nitrogen and oxygen atoms in total. The van der Waals surface area contributed by atoms with Crippen molar-refractivity contribution in [2.24, 2.45) is 0 Å². The molecule has 1 fully saturated rings. The van der Waals surface area contributed by atoms with Gasteiger partial charge in [0.25, 0.3) is 5.91 Å². The van der Waals surface area contributed by atoms with Crippen molar-refractivity contribution < 1.29 is 4.79 Å². The molecule has 1 N–H and O–H groups in total. The maximum atomic E-state index is 12.2. The highest BCUT2D eigenvalue weighted by molar-refractivity contribution is 7.09. The fourth-order valence-electron chi connectivity index (χ4n) is 3.20. The minimum Gasteiger partial charge on any atom is -0.352 e. The van der Waals surface area contributed by atoms with Gasteiger partial charge < -0.3 is 5.32 Å². The first-order valence-electron chi connectivity index (χ1n) is 9.21. The number of nitrogens with zero attached hydrogens (tertiary/aromatic N) is 2. The Bertz CT molecular complexity index is 675. The molecule has 1 aromatic heterocycles. The second-order valence-corrected chi connectivity index (χ2v) is 7.72. The number of likely N-dealkylation sites (tertiary alicyclic amines) is 1. The molecule has 134 valence electrons. The van der Waals surface area contributed by atoms with Gasteiger partial charge in [-0.25, -0.2) is 4.98 Å². The second kappa shape index (κ2) is 9.11. The lowest BCUT2D eigenvalue weighted by molar-refractivity contribution is 0.0953. The normalized spacial score (nSPS) is 15.2. The summed E-state index contributed by atoms with van der Waals surface area (Å²) in [6.07, 6.45) is 5.82. The fourth-order valence-corrected chi connectivity index (χ4v) is 4.02. The van der Waals surface area contributed by atoms with Crippen molar-refractivity contribution in [1.29, 1.82) is 0 Å². The van der Waals surface area contributed by atoms with Crippen LogP contribution in [0.4, 0.5) is 0 Å². The Hall–Kier alpha value is -1.72. The summed E-state index contributed by atoms with van der Waals surface area (Å²) in [5, 5.41) is 6.22. The summed E-state index contributed by atoms with van der Waals surface area (Å²) in [6.45, 7) is 6.08. The highest BCUT2D eigenvalue weighted by atomic mass is 32.1. The molecule has 0 aliphatic carbocycles. The number of amides is 1. The third kappa shape index (κ3) is 5.65. The van der Waals surface area contributed by atoms with E-state index in [4.69, 9.17) is 0 Å². The lowest BCUT2D eigenvalue weighted by Crippen LogP contribution is -2.29. The lowest BCUT2D eigenvalue weighted by atomic mass is 10.1. The number of piperidine rings is 1. The number of carbonyl (C=O) groups excluding carboxylic acids is 1. The van der Waals surface area contributed by atoms with Crippen LogP contribution >= 0.6 is 11.3 Å². The summed E-state index contributed by atoms with van der Waals surface area (Å²) in [5.74, 6) is 0.0137. The van der Waals surface area contributed by atoms with Crippen LogP contribution in [0.15, 0.2) is 29.6 Å². The molecule has 1 saturated heterocycles. The average molecular weight is 358 g/mol. The van der Waals surface area contributed by atoms with Crippen LogP contribution in [0.2, 0.25) is 0 Å². The quantitative estimate of drug-likeness (QED) is 0.767. The van der Waals surface area contributed by atoms with Crippen LogP contribution in [-0.2, 0) is 13.0 Å². The van der Waals surface area contributed by atoms with E-state index >= 15 is 0 Å². The zero-order chi connectivity index (χ0) is 17.5. The maximum Gasteiger partial charge on any atom is 0.251 e. The van der Waals surface area contributed by atoms with Crippen molar-refractivity contribution in [1.82, 2.24) is 15.2 Å². The summed E-state index contributed by atoms with van der Waals surface area (Å²) >= 11 is 1.69. The van der Waals surface area contributed by atoms with Crippen molar-refractivity contribution in [3.8, 4) is 0 Å². The predicted molar refractivity (Wildman–Crippen MR) is 103 cm³/mol. The van der Waals surface area contributed by atoms with Gasteiger partial charge in [-0.2, -0.15) is 0 Å². The van der Waals surface area contributed by atoms with Gasteiger partial charge in [0.15, 0.2) is 0 Å². The van der Waals surface area contributed by atoms with Crippen LogP contribution in [-0.4, -0.2) is 35.4 Å². The van der Waals surface area contributed by atoms with E-state index in [1.54, 1.807) is 11.3 Å². The number of carbonyl (C=O) groups is 1. The second-order valence-electron chi connectivity index (χ2n) is 6.78. The molecular formula is C20H27N3OS. The molecule has 5 heteroatoms. The molecule has 0 spiro atoms. The molecule has 1 aliphatic heterocycles. The largest absolute Gasteiger partial charge is 0.352 e. The smallest absolute Gasteiger partial charge is 0.251 e. The molecular weight excluding hydrogens is 330 g/mol. The fraction of sp³-hybridized carbons (Fsp3) is 0.500. The van der Waals surface area contributed by atoms with Gasteiger partial charge in [0.1, 0.15) is 0 Å². The third-order valence-electron chi connectivity index (χ3n) is 4.59. The Morgan fingerprint density at radius 1 is 1.20 bits per heavy atom. The van der Waals surface area contributed by atoms with Crippen LogP contribution in [0, 0.1) is 6.92 Å². The minimum atomic E-state index is 0.0137. The molecule has 1 amide bonds. The summed E-state index contributed by atoms with van der Waals surface area (Å²) < 4.78 is 0. The molecule has 1 aliphatic rings. The average Bonchev–Trinajstić information content (AvgIpc) is 3.05. The molecule has 3 rings (SSSR count). The highest BCUT2D eigenvalue weighted by Gasteiger charge is 2.11. The molecule has 0 saturated carbocycles. The van der Waals surface area contributed by atoms with Crippen LogP contribution in [0.25, 0.3) is 0 Å². The molecule has 1 aromatic carbocycles. The topological polar surface area (TPSA) is 45.2 Å². The molecule has 25 heavy (non-hydrogen) atoms. The van der Waals surface area contributed by atoms with Crippen LogP contribution < -0.4 is 5.32 Å². The Kier molecular flexibility index (Phi) is 6.59. The van der Waals surface area contributed by atoms with Crippen molar-refractivity contribution in [3.05, 3.63) is 51.5 Å². The van der Waals surface area contributed by atoms with E-state index in [2.05, 4.69) is 32.7 Å².